The maximum atomic E-state index is 13.3. The number of aliphatic imine (C=N–C) groups is 1. The Morgan fingerprint density at radius 2 is 1.64 bits per heavy atom. The summed E-state index contributed by atoms with van der Waals surface area (Å²) >= 11 is 0. The van der Waals surface area contributed by atoms with Crippen LogP contribution in [0, 0.1) is 0 Å². The minimum atomic E-state index is -0.590. The van der Waals surface area contributed by atoms with Crippen LogP contribution in [0.3, 0.4) is 0 Å². The number of rotatable bonds is 13. The molecule has 1 saturated heterocycles. The number of ketones is 1. The largest absolute Gasteiger partial charge is 0.446 e. The van der Waals surface area contributed by atoms with Crippen molar-refractivity contribution < 1.29 is 28.6 Å². The van der Waals surface area contributed by atoms with Crippen LogP contribution in [0.25, 0.3) is 0 Å². The molecule has 3 aromatic carbocycles. The molecule has 2 amide bonds. The monoisotopic (exact) mass is 598 g/mol. The minimum Gasteiger partial charge on any atom is -0.446 e. The highest BCUT2D eigenvalue weighted by atomic mass is 16.6. The Hall–Kier alpha value is -4.38. The Bertz CT molecular complexity index is 1480. The molecule has 0 bridgehead atoms. The number of ether oxygens (including phenoxy) is 3. The van der Waals surface area contributed by atoms with Gasteiger partial charge in [0.15, 0.2) is 5.78 Å². The van der Waals surface area contributed by atoms with Crippen molar-refractivity contribution in [3.8, 4) is 0 Å². The Balaban J connectivity index is 1.04. The first kappa shape index (κ1) is 31.1. The second-order valence-electron chi connectivity index (χ2n) is 10.7. The van der Waals surface area contributed by atoms with Crippen molar-refractivity contribution in [3.63, 3.8) is 0 Å². The van der Waals surface area contributed by atoms with Gasteiger partial charge in [-0.25, -0.2) is 4.79 Å². The van der Waals surface area contributed by atoms with Crippen molar-refractivity contribution in [1.29, 1.82) is 0 Å². The van der Waals surface area contributed by atoms with Crippen LogP contribution in [0.1, 0.15) is 51.1 Å². The topological polar surface area (TPSA) is 133 Å². The SMILES string of the molecule is NCCOCCOCCC(=O)c1cccc(NC(=O)OC2CCN(C(=O)c3ccc4c(c3)CC(c3ccccc3)=N4)CC2)c1. The van der Waals surface area contributed by atoms with Gasteiger partial charge in [-0.15, -0.1) is 0 Å². The highest BCUT2D eigenvalue weighted by Crippen LogP contribution is 2.30. The van der Waals surface area contributed by atoms with E-state index in [4.69, 9.17) is 24.9 Å². The van der Waals surface area contributed by atoms with E-state index in [0.29, 0.717) is 75.5 Å². The van der Waals surface area contributed by atoms with E-state index in [1.807, 2.05) is 48.5 Å². The van der Waals surface area contributed by atoms with Crippen molar-refractivity contribution in [3.05, 3.63) is 95.1 Å². The zero-order valence-electron chi connectivity index (χ0n) is 24.7. The summed E-state index contributed by atoms with van der Waals surface area (Å²) in [6.07, 6.45) is 1.10. The van der Waals surface area contributed by atoms with E-state index in [1.165, 1.54) is 0 Å². The summed E-state index contributed by atoms with van der Waals surface area (Å²) in [6, 6.07) is 22.5. The van der Waals surface area contributed by atoms with Gasteiger partial charge in [0.2, 0.25) is 0 Å². The van der Waals surface area contributed by atoms with Gasteiger partial charge in [-0.05, 0) is 41.5 Å². The first-order valence-electron chi connectivity index (χ1n) is 15.0. The molecule has 10 nitrogen and oxygen atoms in total. The Labute approximate surface area is 257 Å². The van der Waals surface area contributed by atoms with Crippen LogP contribution in [0.15, 0.2) is 77.8 Å². The molecule has 0 radical (unpaired) electrons. The van der Waals surface area contributed by atoms with E-state index in [9.17, 15) is 14.4 Å². The van der Waals surface area contributed by atoms with Crippen molar-refractivity contribution >= 4 is 34.9 Å². The van der Waals surface area contributed by atoms with E-state index >= 15 is 0 Å². The number of nitrogens with two attached hydrogens (primary N) is 1. The van der Waals surface area contributed by atoms with Crippen LogP contribution in [-0.2, 0) is 20.6 Å². The number of piperidine rings is 1. The fourth-order valence-electron chi connectivity index (χ4n) is 5.27. The summed E-state index contributed by atoms with van der Waals surface area (Å²) in [5, 5.41) is 2.72. The van der Waals surface area contributed by atoms with E-state index in [1.54, 1.807) is 29.2 Å². The third kappa shape index (κ3) is 8.37. The summed E-state index contributed by atoms with van der Waals surface area (Å²) in [5.41, 5.74) is 11.0. The number of amides is 2. The molecule has 2 aliphatic rings. The fourth-order valence-corrected chi connectivity index (χ4v) is 5.27. The number of anilines is 1. The maximum absolute atomic E-state index is 13.3. The Morgan fingerprint density at radius 3 is 2.41 bits per heavy atom. The van der Waals surface area contributed by atoms with Gasteiger partial charge in [0, 0.05) is 62.1 Å². The molecular formula is C34H38N4O6. The van der Waals surface area contributed by atoms with Gasteiger partial charge in [-0.1, -0.05) is 42.5 Å². The number of carbonyl (C=O) groups excluding carboxylic acids is 3. The van der Waals surface area contributed by atoms with Crippen LogP contribution in [-0.4, -0.2) is 80.6 Å². The molecule has 0 aliphatic carbocycles. The Morgan fingerprint density at radius 1 is 0.864 bits per heavy atom. The standard InChI is InChI=1S/C34H38N4O6/c35-14-18-43-20-19-42-17-13-32(39)25-7-4-8-28(22-25)36-34(41)44-29-11-15-38(16-12-29)33(40)26-9-10-30-27(21-26)23-31(37-30)24-5-2-1-3-6-24/h1-10,21-22,29H,11-20,23,35H2,(H,36,41). The molecule has 2 heterocycles. The van der Waals surface area contributed by atoms with E-state index in [0.717, 1.165) is 22.5 Å². The highest BCUT2D eigenvalue weighted by molar-refractivity contribution is 6.07. The first-order valence-corrected chi connectivity index (χ1v) is 15.0. The lowest BCUT2D eigenvalue weighted by molar-refractivity contribution is 0.0466. The number of fused-ring (bicyclic) bond motifs is 1. The van der Waals surface area contributed by atoms with Crippen LogP contribution in [0.2, 0.25) is 0 Å². The van der Waals surface area contributed by atoms with Crippen LogP contribution in [0.5, 0.6) is 0 Å². The van der Waals surface area contributed by atoms with Crippen LogP contribution < -0.4 is 11.1 Å². The van der Waals surface area contributed by atoms with Gasteiger partial charge in [-0.3, -0.25) is 19.9 Å². The van der Waals surface area contributed by atoms with E-state index in [-0.39, 0.29) is 30.8 Å². The molecular weight excluding hydrogens is 560 g/mol. The predicted molar refractivity (Wildman–Crippen MR) is 168 cm³/mol. The van der Waals surface area contributed by atoms with Gasteiger partial charge >= 0.3 is 6.09 Å². The van der Waals surface area contributed by atoms with Crippen molar-refractivity contribution in [2.45, 2.75) is 31.8 Å². The van der Waals surface area contributed by atoms with Gasteiger partial charge in [0.25, 0.3) is 5.91 Å². The van der Waals surface area contributed by atoms with Gasteiger partial charge < -0.3 is 24.8 Å². The third-order valence-corrected chi connectivity index (χ3v) is 7.59. The summed E-state index contributed by atoms with van der Waals surface area (Å²) in [6.45, 7) is 3.03. The number of hydrogen-bond donors (Lipinski definition) is 2. The molecule has 0 saturated carbocycles. The molecule has 44 heavy (non-hydrogen) atoms. The molecule has 0 unspecified atom stereocenters. The third-order valence-electron chi connectivity index (χ3n) is 7.59. The number of benzene rings is 3. The molecule has 0 spiro atoms. The fraction of sp³-hybridized carbons (Fsp3) is 0.353. The summed E-state index contributed by atoms with van der Waals surface area (Å²) in [7, 11) is 0. The Kier molecular flexibility index (Phi) is 10.9. The molecule has 230 valence electrons. The second-order valence-corrected chi connectivity index (χ2v) is 10.7. The van der Waals surface area contributed by atoms with Gasteiger partial charge in [0.05, 0.1) is 37.8 Å². The zero-order chi connectivity index (χ0) is 30.7. The second kappa shape index (κ2) is 15.4. The van der Waals surface area contributed by atoms with Crippen LogP contribution >= 0.6 is 0 Å². The molecule has 0 aromatic heterocycles. The molecule has 0 atom stereocenters. The average molecular weight is 599 g/mol. The first-order chi connectivity index (χ1) is 21.5. The molecule has 1 fully saturated rings. The van der Waals surface area contributed by atoms with E-state index < -0.39 is 6.09 Å². The van der Waals surface area contributed by atoms with E-state index in [2.05, 4.69) is 5.32 Å². The zero-order valence-corrected chi connectivity index (χ0v) is 24.7. The normalized spacial score (nSPS) is 14.6. The number of nitrogens with zero attached hydrogens (tertiary/aromatic N) is 2. The van der Waals surface area contributed by atoms with Crippen molar-refractivity contribution in [2.24, 2.45) is 10.7 Å². The van der Waals surface area contributed by atoms with Gasteiger partial charge in [0.1, 0.15) is 6.10 Å². The molecule has 10 heteroatoms. The lowest BCUT2D eigenvalue weighted by Crippen LogP contribution is -2.41. The maximum Gasteiger partial charge on any atom is 0.411 e. The quantitative estimate of drug-likeness (QED) is 0.214. The molecule has 5 rings (SSSR count). The molecule has 3 N–H and O–H groups in total. The molecule has 3 aromatic rings. The highest BCUT2D eigenvalue weighted by Gasteiger charge is 2.27. The predicted octanol–water partition coefficient (Wildman–Crippen LogP) is 4.78. The number of nitrogens with one attached hydrogen (secondary N) is 1. The van der Waals surface area contributed by atoms with Gasteiger partial charge in [-0.2, -0.15) is 0 Å². The summed E-state index contributed by atoms with van der Waals surface area (Å²) in [5.74, 6) is -0.120. The lowest BCUT2D eigenvalue weighted by atomic mass is 10.0. The number of likely N-dealkylation sites (tertiary alicyclic amines) is 1. The smallest absolute Gasteiger partial charge is 0.411 e. The number of hydrogen-bond acceptors (Lipinski definition) is 8. The lowest BCUT2D eigenvalue weighted by Gasteiger charge is -2.31. The average Bonchev–Trinajstić information content (AvgIpc) is 3.48. The molecule has 2 aliphatic heterocycles. The van der Waals surface area contributed by atoms with Crippen molar-refractivity contribution in [2.75, 3.05) is 51.4 Å². The number of carbonyl (C=O) groups is 3. The number of Topliss-reactive ketones (excluding diaryl/α,β-unsaturated/α-hetero) is 1. The summed E-state index contributed by atoms with van der Waals surface area (Å²) in [4.78, 5) is 45.0. The minimum absolute atomic E-state index is 0.0318. The summed E-state index contributed by atoms with van der Waals surface area (Å²) < 4.78 is 16.3. The van der Waals surface area contributed by atoms with Crippen LogP contribution in [0.4, 0.5) is 16.2 Å². The van der Waals surface area contributed by atoms with Crippen molar-refractivity contribution in [1.82, 2.24) is 4.90 Å².